The highest BCUT2D eigenvalue weighted by atomic mass is 32.1. The Morgan fingerprint density at radius 1 is 1.21 bits per heavy atom. The molecule has 1 aromatic carbocycles. The zero-order valence-electron chi connectivity index (χ0n) is 15.7. The average molecular weight is 415 g/mol. The van der Waals surface area contributed by atoms with Crippen LogP contribution in [-0.2, 0) is 4.79 Å². The number of benzene rings is 1. The van der Waals surface area contributed by atoms with Crippen molar-refractivity contribution < 1.29 is 9.59 Å². The third-order valence-electron chi connectivity index (χ3n) is 4.16. The Bertz CT molecular complexity index is 980. The monoisotopic (exact) mass is 414 g/mol. The summed E-state index contributed by atoms with van der Waals surface area (Å²) in [5.41, 5.74) is 8.66. The second-order valence-electron chi connectivity index (χ2n) is 6.42. The summed E-state index contributed by atoms with van der Waals surface area (Å²) in [5, 5.41) is 11.4. The van der Waals surface area contributed by atoms with Gasteiger partial charge >= 0.3 is 0 Å². The number of hydrogen-bond donors (Lipinski definition) is 3. The molecule has 146 valence electrons. The Hall–Kier alpha value is -2.71. The molecule has 0 aliphatic carbocycles. The zero-order chi connectivity index (χ0) is 20.1. The van der Waals surface area contributed by atoms with Crippen molar-refractivity contribution in [3.63, 3.8) is 0 Å². The summed E-state index contributed by atoms with van der Waals surface area (Å²) >= 11 is 3.32. The van der Waals surface area contributed by atoms with Gasteiger partial charge in [-0.1, -0.05) is 6.07 Å². The predicted molar refractivity (Wildman–Crippen MR) is 115 cm³/mol. The van der Waals surface area contributed by atoms with Gasteiger partial charge in [0.1, 0.15) is 0 Å². The summed E-state index contributed by atoms with van der Waals surface area (Å²) in [7, 11) is 0. The standard InChI is InChI=1S/C20H22N4O2S2/c1-12(15-9-18(28-10-15)17-11-27-13(2)24-17)23-16-5-3-4-14(8-16)20(26)22-7-6-19(21)25/h3-5,8-12,23H,6-7H2,1-2H3,(H2,21,25)(H,22,26). The molecule has 1 unspecified atom stereocenters. The normalized spacial score (nSPS) is 11.8. The van der Waals surface area contributed by atoms with Crippen LogP contribution >= 0.6 is 22.7 Å². The van der Waals surface area contributed by atoms with Crippen LogP contribution in [0.1, 0.15) is 40.3 Å². The van der Waals surface area contributed by atoms with Gasteiger partial charge in [-0.3, -0.25) is 9.59 Å². The van der Waals surface area contributed by atoms with Crippen LogP contribution in [0.15, 0.2) is 41.1 Å². The molecule has 3 aromatic rings. The summed E-state index contributed by atoms with van der Waals surface area (Å²) in [6.45, 7) is 4.32. The van der Waals surface area contributed by atoms with Crippen molar-refractivity contribution in [2.75, 3.05) is 11.9 Å². The number of carbonyl (C=O) groups is 2. The third-order valence-corrected chi connectivity index (χ3v) is 5.90. The molecule has 2 heterocycles. The number of aromatic nitrogens is 1. The first-order chi connectivity index (χ1) is 13.4. The van der Waals surface area contributed by atoms with Crippen molar-refractivity contribution in [2.45, 2.75) is 26.3 Å². The highest BCUT2D eigenvalue weighted by molar-refractivity contribution is 7.14. The first-order valence-corrected chi connectivity index (χ1v) is 10.6. The number of anilines is 1. The summed E-state index contributed by atoms with van der Waals surface area (Å²) in [5.74, 6) is -0.665. The molecule has 0 radical (unpaired) electrons. The summed E-state index contributed by atoms with van der Waals surface area (Å²) in [4.78, 5) is 28.7. The maximum Gasteiger partial charge on any atom is 0.251 e. The molecular formula is C20H22N4O2S2. The SMILES string of the molecule is Cc1nc(-c2cc(C(C)Nc3cccc(C(=O)NCCC(N)=O)c3)cs2)cs1. The summed E-state index contributed by atoms with van der Waals surface area (Å²) < 4.78 is 0. The van der Waals surface area contributed by atoms with Crippen LogP contribution < -0.4 is 16.4 Å². The molecule has 3 rings (SSSR count). The summed E-state index contributed by atoms with van der Waals surface area (Å²) in [6.07, 6.45) is 0.125. The van der Waals surface area contributed by atoms with Gasteiger partial charge in [0.2, 0.25) is 5.91 Å². The van der Waals surface area contributed by atoms with Crippen molar-refractivity contribution >= 4 is 40.2 Å². The third kappa shape index (κ3) is 5.17. The van der Waals surface area contributed by atoms with Crippen molar-refractivity contribution in [3.05, 3.63) is 57.2 Å². The average Bonchev–Trinajstić information content (AvgIpc) is 3.30. The van der Waals surface area contributed by atoms with E-state index >= 15 is 0 Å². The smallest absolute Gasteiger partial charge is 0.251 e. The van der Waals surface area contributed by atoms with Crippen LogP contribution in [0, 0.1) is 6.92 Å². The Morgan fingerprint density at radius 3 is 2.75 bits per heavy atom. The van der Waals surface area contributed by atoms with Gasteiger partial charge in [0, 0.05) is 35.6 Å². The second kappa shape index (κ2) is 8.99. The largest absolute Gasteiger partial charge is 0.378 e. The van der Waals surface area contributed by atoms with Crippen molar-refractivity contribution in [2.24, 2.45) is 5.73 Å². The van der Waals surface area contributed by atoms with Crippen LogP contribution in [0.25, 0.3) is 10.6 Å². The predicted octanol–water partition coefficient (Wildman–Crippen LogP) is 3.96. The number of rotatable bonds is 8. The second-order valence-corrected chi connectivity index (χ2v) is 8.39. The minimum absolute atomic E-state index is 0.0814. The van der Waals surface area contributed by atoms with Crippen LogP contribution in [0.2, 0.25) is 0 Å². The molecule has 28 heavy (non-hydrogen) atoms. The van der Waals surface area contributed by atoms with E-state index < -0.39 is 5.91 Å². The molecule has 8 heteroatoms. The lowest BCUT2D eigenvalue weighted by molar-refractivity contribution is -0.117. The van der Waals surface area contributed by atoms with E-state index in [9.17, 15) is 9.59 Å². The fraction of sp³-hybridized carbons (Fsp3) is 0.250. The van der Waals surface area contributed by atoms with Gasteiger partial charge in [-0.25, -0.2) is 4.98 Å². The molecule has 0 saturated carbocycles. The lowest BCUT2D eigenvalue weighted by Crippen LogP contribution is -2.27. The maximum absolute atomic E-state index is 12.2. The van der Waals surface area contributed by atoms with Crippen molar-refractivity contribution in [3.8, 4) is 10.6 Å². The van der Waals surface area contributed by atoms with Gasteiger partial charge in [0.25, 0.3) is 5.91 Å². The molecule has 2 aromatic heterocycles. The molecule has 0 bridgehead atoms. The highest BCUT2D eigenvalue weighted by Crippen LogP contribution is 2.31. The van der Waals surface area contributed by atoms with Crippen LogP contribution in [0.4, 0.5) is 5.69 Å². The topological polar surface area (TPSA) is 97.1 Å². The van der Waals surface area contributed by atoms with E-state index in [1.54, 1.807) is 34.8 Å². The van der Waals surface area contributed by atoms with E-state index in [1.165, 1.54) is 5.56 Å². The number of carbonyl (C=O) groups excluding carboxylic acids is 2. The number of thiazole rings is 1. The van der Waals surface area contributed by atoms with E-state index in [-0.39, 0.29) is 24.9 Å². The minimum Gasteiger partial charge on any atom is -0.378 e. The zero-order valence-corrected chi connectivity index (χ0v) is 17.3. The maximum atomic E-state index is 12.2. The lowest BCUT2D eigenvalue weighted by atomic mass is 10.1. The van der Waals surface area contributed by atoms with E-state index in [2.05, 4.69) is 39.4 Å². The van der Waals surface area contributed by atoms with Crippen molar-refractivity contribution in [1.82, 2.24) is 10.3 Å². The van der Waals surface area contributed by atoms with E-state index in [1.807, 2.05) is 19.1 Å². The van der Waals surface area contributed by atoms with Gasteiger partial charge in [0.15, 0.2) is 0 Å². The molecule has 6 nitrogen and oxygen atoms in total. The van der Waals surface area contributed by atoms with Crippen molar-refractivity contribution in [1.29, 1.82) is 0 Å². The molecule has 0 fully saturated rings. The van der Waals surface area contributed by atoms with Gasteiger partial charge < -0.3 is 16.4 Å². The molecule has 1 atom stereocenters. The highest BCUT2D eigenvalue weighted by Gasteiger charge is 2.12. The number of aryl methyl sites for hydroxylation is 1. The fourth-order valence-electron chi connectivity index (χ4n) is 2.67. The molecule has 0 saturated heterocycles. The number of primary amides is 1. The molecule has 0 aliphatic rings. The molecule has 2 amide bonds. The van der Waals surface area contributed by atoms with Gasteiger partial charge in [-0.05, 0) is 49.1 Å². The lowest BCUT2D eigenvalue weighted by Gasteiger charge is -2.15. The van der Waals surface area contributed by atoms with E-state index in [0.29, 0.717) is 5.56 Å². The van der Waals surface area contributed by atoms with Crippen LogP contribution in [0.3, 0.4) is 0 Å². The number of nitrogens with zero attached hydrogens (tertiary/aromatic N) is 1. The quantitative estimate of drug-likeness (QED) is 0.520. The Kier molecular flexibility index (Phi) is 6.43. The first kappa shape index (κ1) is 20.0. The molecule has 0 spiro atoms. The number of nitrogens with two attached hydrogens (primary N) is 1. The number of hydrogen-bond acceptors (Lipinski definition) is 6. The Labute approximate surface area is 171 Å². The van der Waals surface area contributed by atoms with E-state index in [4.69, 9.17) is 5.73 Å². The molecular weight excluding hydrogens is 392 g/mol. The Morgan fingerprint density at radius 2 is 2.04 bits per heavy atom. The number of thiophene rings is 1. The molecule has 0 aliphatic heterocycles. The summed E-state index contributed by atoms with van der Waals surface area (Å²) in [6, 6.07) is 9.52. The number of amides is 2. The van der Waals surface area contributed by atoms with Gasteiger partial charge in [-0.2, -0.15) is 0 Å². The molecule has 4 N–H and O–H groups in total. The van der Waals surface area contributed by atoms with Crippen LogP contribution in [-0.4, -0.2) is 23.3 Å². The minimum atomic E-state index is -0.438. The fourth-order valence-corrected chi connectivity index (χ4v) is 4.33. The number of nitrogens with one attached hydrogen (secondary N) is 2. The van der Waals surface area contributed by atoms with Crippen LogP contribution in [0.5, 0.6) is 0 Å². The Balaban J connectivity index is 1.64. The van der Waals surface area contributed by atoms with Gasteiger partial charge in [0.05, 0.1) is 15.6 Å². The van der Waals surface area contributed by atoms with E-state index in [0.717, 1.165) is 21.3 Å². The van der Waals surface area contributed by atoms with Gasteiger partial charge in [-0.15, -0.1) is 22.7 Å². The first-order valence-electron chi connectivity index (χ1n) is 8.86.